The predicted molar refractivity (Wildman–Crippen MR) is 221 cm³/mol. The van der Waals surface area contributed by atoms with Crippen molar-refractivity contribution >= 4 is 26.0 Å². The lowest BCUT2D eigenvalue weighted by atomic mass is 9.58. The topological polar surface area (TPSA) is 150 Å². The van der Waals surface area contributed by atoms with Crippen LogP contribution >= 0.6 is 0 Å². The highest BCUT2D eigenvalue weighted by Crippen LogP contribution is 2.59. The molecule has 0 spiro atoms. The summed E-state index contributed by atoms with van der Waals surface area (Å²) >= 11 is 0. The van der Waals surface area contributed by atoms with Crippen molar-refractivity contribution in [1.29, 1.82) is 0 Å². The first kappa shape index (κ1) is 41.6. The number of benzene rings is 2. The zero-order chi connectivity index (χ0) is 41.9. The maximum atomic E-state index is 15.6. The van der Waals surface area contributed by atoms with E-state index >= 15 is 9.59 Å². The van der Waals surface area contributed by atoms with Crippen LogP contribution in [0.2, 0.25) is 18.1 Å². The lowest BCUT2D eigenvalue weighted by Gasteiger charge is -2.54. The van der Waals surface area contributed by atoms with Gasteiger partial charge < -0.3 is 33.6 Å². The van der Waals surface area contributed by atoms with Crippen molar-refractivity contribution in [3.8, 4) is 11.6 Å². The van der Waals surface area contributed by atoms with Gasteiger partial charge in [-0.15, -0.1) is 6.58 Å². The molecular weight excluding hydrogens is 755 g/mol. The molecule has 1 aromatic heterocycles. The summed E-state index contributed by atoms with van der Waals surface area (Å²) in [5.74, 6) is -2.45. The van der Waals surface area contributed by atoms with Gasteiger partial charge in [0.15, 0.2) is 25.5 Å². The highest BCUT2D eigenvalue weighted by molar-refractivity contribution is 6.74. The van der Waals surface area contributed by atoms with Crippen molar-refractivity contribution < 1.29 is 42.6 Å². The average Bonchev–Trinajstić information content (AvgIpc) is 3.76. The summed E-state index contributed by atoms with van der Waals surface area (Å²) in [7, 11) is -0.875. The van der Waals surface area contributed by atoms with E-state index in [0.29, 0.717) is 18.5 Å². The molecular formula is C45H57N3O9Si. The van der Waals surface area contributed by atoms with Gasteiger partial charge in [-0.25, -0.2) is 4.79 Å². The van der Waals surface area contributed by atoms with Gasteiger partial charge in [-0.05, 0) is 112 Å². The number of likely N-dealkylation sites (tertiary alicyclic amines) is 1. The molecule has 0 amide bonds. The van der Waals surface area contributed by atoms with Crippen LogP contribution in [0.3, 0.4) is 0 Å². The van der Waals surface area contributed by atoms with E-state index in [-0.39, 0.29) is 53.2 Å². The number of hydrogen-bond donors (Lipinski definition) is 2. The lowest BCUT2D eigenvalue weighted by Crippen LogP contribution is -2.65. The second-order valence-electron chi connectivity index (χ2n) is 18.7. The SMILES string of the molecule is C=CCN[C@@H]1c2onc(OCc3ccccc3)c2C(=O)C2(O[Si](C)(C)C(C)(C)C)C(O)=C3C(=O)c4c(cc(C5CCCN5C)cc4OC(=O)OC(C)(C)C)C[C@H]3C[C@@H]12. The number of aliphatic hydroxyl groups is 1. The summed E-state index contributed by atoms with van der Waals surface area (Å²) in [5, 5.41) is 20.4. The fraction of sp³-hybridized carbons (Fsp3) is 0.511. The van der Waals surface area contributed by atoms with Crippen LogP contribution in [0.5, 0.6) is 11.6 Å². The van der Waals surface area contributed by atoms with Crippen LogP contribution in [-0.2, 0) is 22.2 Å². The molecule has 2 aromatic carbocycles. The molecule has 13 heteroatoms. The molecule has 3 aliphatic carbocycles. The highest BCUT2D eigenvalue weighted by atomic mass is 28.4. The number of ketones is 2. The second-order valence-corrected chi connectivity index (χ2v) is 23.4. The number of nitrogens with zero attached hydrogens (tertiary/aromatic N) is 2. The zero-order valence-electron chi connectivity index (χ0n) is 35.2. The summed E-state index contributed by atoms with van der Waals surface area (Å²) in [5.41, 5.74) is -0.0660. The Bertz CT molecular complexity index is 2150. The van der Waals surface area contributed by atoms with E-state index in [1.807, 2.05) is 49.5 Å². The maximum Gasteiger partial charge on any atom is 0.514 e. The van der Waals surface area contributed by atoms with Crippen LogP contribution in [0.1, 0.15) is 116 Å². The Balaban J connectivity index is 1.42. The Morgan fingerprint density at radius 3 is 2.48 bits per heavy atom. The van der Waals surface area contributed by atoms with Gasteiger partial charge in [-0.2, -0.15) is 0 Å². The molecule has 0 saturated carbocycles. The Hall–Kier alpha value is -4.56. The summed E-state index contributed by atoms with van der Waals surface area (Å²) in [6, 6.07) is 12.7. The van der Waals surface area contributed by atoms with Crippen LogP contribution in [0.25, 0.3) is 0 Å². The lowest BCUT2D eigenvalue weighted by molar-refractivity contribution is -0.0318. The van der Waals surface area contributed by atoms with Crippen molar-refractivity contribution in [2.24, 2.45) is 11.8 Å². The normalized spacial score (nSPS) is 24.8. The van der Waals surface area contributed by atoms with E-state index in [4.69, 9.17) is 23.2 Å². The monoisotopic (exact) mass is 811 g/mol. The Labute approximate surface area is 342 Å². The number of hydrogen-bond acceptors (Lipinski definition) is 12. The number of ether oxygens (including phenoxy) is 3. The van der Waals surface area contributed by atoms with Gasteiger partial charge in [-0.3, -0.25) is 14.5 Å². The number of nitrogens with one attached hydrogen (secondary N) is 1. The molecule has 3 aromatic rings. The molecule has 1 saturated heterocycles. The maximum absolute atomic E-state index is 15.6. The molecule has 7 rings (SSSR count). The van der Waals surface area contributed by atoms with Crippen LogP contribution < -0.4 is 14.8 Å². The first-order valence-electron chi connectivity index (χ1n) is 20.3. The highest BCUT2D eigenvalue weighted by Gasteiger charge is 2.67. The Kier molecular flexibility index (Phi) is 10.9. The number of aliphatic hydroxyl groups excluding tert-OH is 1. The van der Waals surface area contributed by atoms with Crippen molar-refractivity contribution in [2.45, 2.75) is 115 Å². The van der Waals surface area contributed by atoms with Crippen LogP contribution in [0.15, 0.2) is 71.0 Å². The van der Waals surface area contributed by atoms with Gasteiger partial charge in [0.2, 0.25) is 5.78 Å². The zero-order valence-corrected chi connectivity index (χ0v) is 36.2. The number of aromatic nitrogens is 1. The quantitative estimate of drug-likeness (QED) is 0.0871. The van der Waals surface area contributed by atoms with E-state index in [9.17, 15) is 9.90 Å². The van der Waals surface area contributed by atoms with E-state index in [1.54, 1.807) is 32.9 Å². The molecule has 2 N–H and O–H groups in total. The smallest absolute Gasteiger partial charge is 0.508 e. The first-order valence-corrected chi connectivity index (χ1v) is 23.2. The Morgan fingerprint density at radius 2 is 1.84 bits per heavy atom. The number of carbonyl (C=O) groups is 3. The van der Waals surface area contributed by atoms with Gasteiger partial charge in [0.25, 0.3) is 5.88 Å². The summed E-state index contributed by atoms with van der Waals surface area (Å²) in [6.45, 7) is 20.7. The first-order chi connectivity index (χ1) is 27.3. The molecule has 1 fully saturated rings. The molecule has 12 nitrogen and oxygen atoms in total. The van der Waals surface area contributed by atoms with E-state index in [1.165, 1.54) is 0 Å². The number of rotatable bonds is 10. The third kappa shape index (κ3) is 7.35. The van der Waals surface area contributed by atoms with E-state index in [2.05, 4.69) is 49.8 Å². The number of carbonyl (C=O) groups excluding carboxylic acids is 3. The Morgan fingerprint density at radius 1 is 1.12 bits per heavy atom. The van der Waals surface area contributed by atoms with Gasteiger partial charge in [-0.1, -0.05) is 63.2 Å². The molecule has 1 aliphatic heterocycles. The molecule has 4 aliphatic rings. The third-order valence-electron chi connectivity index (χ3n) is 12.6. The molecule has 0 radical (unpaired) electrons. The number of fused-ring (bicyclic) bond motifs is 4. The minimum absolute atomic E-state index is 0.0244. The summed E-state index contributed by atoms with van der Waals surface area (Å²) in [4.78, 5) is 46.3. The van der Waals surface area contributed by atoms with Crippen molar-refractivity contribution in [1.82, 2.24) is 15.4 Å². The van der Waals surface area contributed by atoms with Gasteiger partial charge in [0.05, 0.1) is 11.6 Å². The van der Waals surface area contributed by atoms with E-state index in [0.717, 1.165) is 30.5 Å². The molecule has 5 atom stereocenters. The standard InChI is InChI=1S/C45H57N3O9Si/c1-11-19-46-36-30-23-29-22-28-21-27(31-18-15-20-48(31)8)24-32(54-42(52)55-43(2,3)4)33(28)37(49)34(29)39(50)45(30,57-58(9,10)44(5,6)7)40(51)35-38(36)56-47-41(35)53-25-26-16-13-12-14-17-26/h11-14,16-17,21,24,29-31,36,46,50H,1,15,18-20,22-23,25H2,2-10H3/t29-,30-,31?,36-,45?/m0/s1. The van der Waals surface area contributed by atoms with Crippen LogP contribution in [0.4, 0.5) is 4.79 Å². The fourth-order valence-electron chi connectivity index (χ4n) is 8.84. The summed E-state index contributed by atoms with van der Waals surface area (Å²) < 4.78 is 30.9. The van der Waals surface area contributed by atoms with Gasteiger partial charge >= 0.3 is 6.16 Å². The molecule has 2 heterocycles. The summed E-state index contributed by atoms with van der Waals surface area (Å²) in [6.07, 6.45) is 3.33. The molecule has 58 heavy (non-hydrogen) atoms. The molecule has 0 bridgehead atoms. The number of allylic oxidation sites excluding steroid dienone is 1. The van der Waals surface area contributed by atoms with Crippen molar-refractivity contribution in [2.75, 3.05) is 20.1 Å². The van der Waals surface area contributed by atoms with Crippen LogP contribution in [-0.4, -0.2) is 72.5 Å². The average molecular weight is 812 g/mol. The minimum Gasteiger partial charge on any atom is -0.508 e. The third-order valence-corrected chi connectivity index (χ3v) is 17.0. The van der Waals surface area contributed by atoms with E-state index < -0.39 is 65.9 Å². The second kappa shape index (κ2) is 15.2. The molecule has 2 unspecified atom stereocenters. The largest absolute Gasteiger partial charge is 0.514 e. The van der Waals surface area contributed by atoms with Crippen molar-refractivity contribution in [3.63, 3.8) is 0 Å². The predicted octanol–water partition coefficient (Wildman–Crippen LogP) is 9.00. The van der Waals surface area contributed by atoms with Gasteiger partial charge in [0.1, 0.15) is 29.3 Å². The van der Waals surface area contributed by atoms with Crippen molar-refractivity contribution in [3.05, 3.63) is 100 Å². The minimum atomic E-state index is -2.94. The van der Waals surface area contributed by atoms with Crippen LogP contribution in [0, 0.1) is 11.8 Å². The number of Topliss-reactive ketones (excluding diaryl/α,β-unsaturated/α-hetero) is 2. The molecule has 310 valence electrons. The fourth-order valence-corrected chi connectivity index (χ4v) is 10.3. The van der Waals surface area contributed by atoms with Gasteiger partial charge in [0, 0.05) is 24.1 Å².